The number of amides is 2. The number of nitrogens with zero attached hydrogens (tertiary/aromatic N) is 2. The first-order valence-corrected chi connectivity index (χ1v) is 10.6. The Morgan fingerprint density at radius 3 is 2.29 bits per heavy atom. The van der Waals surface area contributed by atoms with E-state index in [1.807, 2.05) is 24.3 Å². The number of benzene rings is 2. The first-order chi connectivity index (χ1) is 15.0. The summed E-state index contributed by atoms with van der Waals surface area (Å²) in [6, 6.07) is 15.8. The number of carbonyl (C=O) groups is 2. The van der Waals surface area contributed by atoms with Gasteiger partial charge in [0.05, 0.1) is 13.2 Å². The average molecular weight is 425 g/mol. The summed E-state index contributed by atoms with van der Waals surface area (Å²) in [5, 5.41) is 5.51. The molecule has 7 nitrogen and oxygen atoms in total. The molecule has 0 spiro atoms. The summed E-state index contributed by atoms with van der Waals surface area (Å²) in [7, 11) is 3.70. The van der Waals surface area contributed by atoms with Gasteiger partial charge in [0.25, 0.3) is 0 Å². The molecule has 3 rings (SSSR count). The summed E-state index contributed by atoms with van der Waals surface area (Å²) < 4.78 is 5.29. The summed E-state index contributed by atoms with van der Waals surface area (Å²) in [4.78, 5) is 29.5. The van der Waals surface area contributed by atoms with E-state index in [0.717, 1.165) is 37.3 Å². The lowest BCUT2D eigenvalue weighted by Crippen LogP contribution is -2.49. The van der Waals surface area contributed by atoms with Gasteiger partial charge in [-0.2, -0.15) is 0 Å². The lowest BCUT2D eigenvalue weighted by atomic mass is 10.0. The Hall–Kier alpha value is -2.90. The van der Waals surface area contributed by atoms with Crippen molar-refractivity contribution < 1.29 is 14.3 Å². The van der Waals surface area contributed by atoms with Crippen LogP contribution in [-0.2, 0) is 16.1 Å². The van der Waals surface area contributed by atoms with Crippen LogP contribution in [0.25, 0.3) is 0 Å². The number of piperazine rings is 1. The van der Waals surface area contributed by atoms with Gasteiger partial charge in [-0.15, -0.1) is 0 Å². The fourth-order valence-corrected chi connectivity index (χ4v) is 3.75. The first kappa shape index (κ1) is 22.8. The van der Waals surface area contributed by atoms with Gasteiger partial charge in [-0.3, -0.25) is 14.5 Å². The van der Waals surface area contributed by atoms with Crippen LogP contribution in [0.5, 0.6) is 5.75 Å². The van der Waals surface area contributed by atoms with Crippen molar-refractivity contribution in [2.24, 2.45) is 0 Å². The predicted molar refractivity (Wildman–Crippen MR) is 121 cm³/mol. The third-order valence-corrected chi connectivity index (χ3v) is 5.73. The first-order valence-electron chi connectivity index (χ1n) is 10.6. The number of likely N-dealkylation sites (N-methyl/N-ethyl adjacent to an activating group) is 1. The Morgan fingerprint density at radius 1 is 0.968 bits per heavy atom. The molecular weight excluding hydrogens is 392 g/mol. The predicted octanol–water partition coefficient (Wildman–Crippen LogP) is 1.72. The maximum atomic E-state index is 12.5. The quantitative estimate of drug-likeness (QED) is 0.663. The normalized spacial score (nSPS) is 15.8. The van der Waals surface area contributed by atoms with E-state index in [-0.39, 0.29) is 12.6 Å². The Kier molecular flexibility index (Phi) is 8.03. The minimum Gasteiger partial charge on any atom is -0.496 e. The highest BCUT2D eigenvalue weighted by Crippen LogP contribution is 2.22. The van der Waals surface area contributed by atoms with Crippen LogP contribution in [0.4, 0.5) is 0 Å². The Morgan fingerprint density at radius 2 is 1.61 bits per heavy atom. The molecule has 1 aliphatic rings. The van der Waals surface area contributed by atoms with Crippen molar-refractivity contribution in [3.8, 4) is 5.75 Å². The van der Waals surface area contributed by atoms with E-state index in [4.69, 9.17) is 4.74 Å². The van der Waals surface area contributed by atoms with Crippen molar-refractivity contribution >= 4 is 11.8 Å². The smallest absolute Gasteiger partial charge is 0.309 e. The van der Waals surface area contributed by atoms with Crippen LogP contribution < -0.4 is 15.4 Å². The summed E-state index contributed by atoms with van der Waals surface area (Å²) in [5.74, 6) is -0.592. The number of aryl methyl sites for hydroxylation is 1. The number of carbonyl (C=O) groups excluding carboxylic acids is 2. The van der Waals surface area contributed by atoms with E-state index in [9.17, 15) is 9.59 Å². The lowest BCUT2D eigenvalue weighted by Gasteiger charge is -2.38. The molecule has 31 heavy (non-hydrogen) atoms. The number of methoxy groups -OCH3 is 1. The zero-order valence-electron chi connectivity index (χ0n) is 18.6. The van der Waals surface area contributed by atoms with Crippen molar-refractivity contribution in [1.82, 2.24) is 20.4 Å². The van der Waals surface area contributed by atoms with E-state index in [0.29, 0.717) is 12.3 Å². The SMILES string of the molecule is COc1ccccc1CNC(=O)C(=O)NCC(c1ccc(C)cc1)N1CCN(C)CC1. The Balaban J connectivity index is 1.60. The average Bonchev–Trinajstić information content (AvgIpc) is 2.79. The van der Waals surface area contributed by atoms with Crippen molar-refractivity contribution in [3.05, 3.63) is 65.2 Å². The standard InChI is InChI=1S/C24H32N4O3/c1-18-8-10-19(11-9-18)21(28-14-12-27(2)13-15-28)17-26-24(30)23(29)25-16-20-6-4-5-7-22(20)31-3/h4-11,21H,12-17H2,1-3H3,(H,25,29)(H,26,30). The highest BCUT2D eigenvalue weighted by Gasteiger charge is 2.25. The number of rotatable bonds is 7. The van der Waals surface area contributed by atoms with Crippen LogP contribution in [0, 0.1) is 6.92 Å². The molecule has 1 atom stereocenters. The minimum atomic E-state index is -0.646. The van der Waals surface area contributed by atoms with Crippen molar-refractivity contribution in [2.75, 3.05) is 46.9 Å². The molecule has 1 saturated heterocycles. The van der Waals surface area contributed by atoms with Gasteiger partial charge < -0.3 is 20.3 Å². The Labute approximate surface area is 184 Å². The van der Waals surface area contributed by atoms with Crippen molar-refractivity contribution in [2.45, 2.75) is 19.5 Å². The topological polar surface area (TPSA) is 73.9 Å². The molecule has 0 aliphatic carbocycles. The molecule has 2 aromatic carbocycles. The molecule has 2 N–H and O–H groups in total. The van der Waals surface area contributed by atoms with Gasteiger partial charge in [0.1, 0.15) is 5.75 Å². The third kappa shape index (κ3) is 6.29. The molecule has 7 heteroatoms. The van der Waals surface area contributed by atoms with E-state index in [1.165, 1.54) is 5.56 Å². The van der Waals surface area contributed by atoms with E-state index < -0.39 is 11.8 Å². The molecule has 2 amide bonds. The highest BCUT2D eigenvalue weighted by atomic mass is 16.5. The highest BCUT2D eigenvalue weighted by molar-refractivity contribution is 6.35. The van der Waals surface area contributed by atoms with E-state index in [1.54, 1.807) is 7.11 Å². The summed E-state index contributed by atoms with van der Waals surface area (Å²) >= 11 is 0. The largest absolute Gasteiger partial charge is 0.496 e. The van der Waals surface area contributed by atoms with Crippen LogP contribution in [0.3, 0.4) is 0 Å². The van der Waals surface area contributed by atoms with Gasteiger partial charge in [0.15, 0.2) is 0 Å². The fourth-order valence-electron chi connectivity index (χ4n) is 3.75. The van der Waals surface area contributed by atoms with Crippen LogP contribution in [0.15, 0.2) is 48.5 Å². The van der Waals surface area contributed by atoms with Gasteiger partial charge in [-0.1, -0.05) is 48.0 Å². The van der Waals surface area contributed by atoms with Crippen LogP contribution in [0.1, 0.15) is 22.7 Å². The van der Waals surface area contributed by atoms with Gasteiger partial charge in [-0.25, -0.2) is 0 Å². The molecule has 2 aromatic rings. The fraction of sp³-hybridized carbons (Fsp3) is 0.417. The molecule has 1 aliphatic heterocycles. The van der Waals surface area contributed by atoms with Gasteiger partial charge in [0.2, 0.25) is 0 Å². The Bertz CT molecular complexity index is 877. The second-order valence-electron chi connectivity index (χ2n) is 7.97. The number of nitrogens with one attached hydrogen (secondary N) is 2. The molecule has 0 aromatic heterocycles. The maximum Gasteiger partial charge on any atom is 0.309 e. The van der Waals surface area contributed by atoms with Gasteiger partial charge >= 0.3 is 11.8 Å². The van der Waals surface area contributed by atoms with Gasteiger partial charge in [0, 0.05) is 44.8 Å². The monoisotopic (exact) mass is 424 g/mol. The minimum absolute atomic E-state index is 0.0280. The van der Waals surface area contributed by atoms with E-state index >= 15 is 0 Å². The third-order valence-electron chi connectivity index (χ3n) is 5.73. The molecule has 0 saturated carbocycles. The van der Waals surface area contributed by atoms with Gasteiger partial charge in [-0.05, 0) is 25.6 Å². The summed E-state index contributed by atoms with van der Waals surface area (Å²) in [5.41, 5.74) is 3.16. The van der Waals surface area contributed by atoms with E-state index in [2.05, 4.69) is 58.7 Å². The zero-order valence-corrected chi connectivity index (χ0v) is 18.6. The maximum absolute atomic E-state index is 12.5. The van der Waals surface area contributed by atoms with Crippen molar-refractivity contribution in [1.29, 1.82) is 0 Å². The number of hydrogen-bond acceptors (Lipinski definition) is 5. The summed E-state index contributed by atoms with van der Waals surface area (Å²) in [6.07, 6.45) is 0. The molecule has 1 fully saturated rings. The zero-order chi connectivity index (χ0) is 22.2. The number of hydrogen-bond donors (Lipinski definition) is 2. The number of para-hydroxylation sites is 1. The second-order valence-corrected chi connectivity index (χ2v) is 7.97. The molecule has 0 bridgehead atoms. The molecule has 166 valence electrons. The summed E-state index contributed by atoms with van der Waals surface area (Å²) in [6.45, 7) is 6.48. The molecule has 1 unspecified atom stereocenters. The molecule has 1 heterocycles. The lowest BCUT2D eigenvalue weighted by molar-refractivity contribution is -0.139. The molecular formula is C24H32N4O3. The van der Waals surface area contributed by atoms with Crippen LogP contribution >= 0.6 is 0 Å². The number of ether oxygens (including phenoxy) is 1. The second kappa shape index (κ2) is 10.9. The van der Waals surface area contributed by atoms with Crippen molar-refractivity contribution in [3.63, 3.8) is 0 Å². The molecule has 0 radical (unpaired) electrons. The van der Waals surface area contributed by atoms with Crippen LogP contribution in [0.2, 0.25) is 0 Å². The van der Waals surface area contributed by atoms with Crippen LogP contribution in [-0.4, -0.2) is 68.5 Å².